The summed E-state index contributed by atoms with van der Waals surface area (Å²) in [6, 6.07) is 9.86. The van der Waals surface area contributed by atoms with Crippen molar-refractivity contribution in [2.24, 2.45) is 0 Å². The molecular formula is C23H30N4O4. The maximum Gasteiger partial charge on any atom is 0.203 e. The summed E-state index contributed by atoms with van der Waals surface area (Å²) in [5.74, 6) is 2.73. The van der Waals surface area contributed by atoms with Crippen molar-refractivity contribution < 1.29 is 18.9 Å². The van der Waals surface area contributed by atoms with Gasteiger partial charge in [-0.25, -0.2) is 4.98 Å². The minimum Gasteiger partial charge on any atom is -0.493 e. The third-order valence-corrected chi connectivity index (χ3v) is 5.52. The lowest BCUT2D eigenvalue weighted by atomic mass is 10.1. The van der Waals surface area contributed by atoms with Crippen LogP contribution in [0.15, 0.2) is 36.5 Å². The second-order valence-electron chi connectivity index (χ2n) is 7.39. The third kappa shape index (κ3) is 4.55. The summed E-state index contributed by atoms with van der Waals surface area (Å²) in [5.41, 5.74) is 2.62. The van der Waals surface area contributed by atoms with E-state index in [1.54, 1.807) is 21.3 Å². The number of aromatic nitrogens is 2. The van der Waals surface area contributed by atoms with Gasteiger partial charge in [-0.3, -0.25) is 9.30 Å². The van der Waals surface area contributed by atoms with Crippen molar-refractivity contribution in [3.05, 3.63) is 36.5 Å². The molecule has 0 unspecified atom stereocenters. The van der Waals surface area contributed by atoms with Gasteiger partial charge in [0.2, 0.25) is 5.75 Å². The molecule has 3 aromatic rings. The zero-order valence-electron chi connectivity index (χ0n) is 18.4. The largest absolute Gasteiger partial charge is 0.493 e. The molecule has 0 spiro atoms. The zero-order chi connectivity index (χ0) is 21.6. The number of nitrogens with zero attached hydrogens (tertiary/aromatic N) is 3. The molecule has 8 heteroatoms. The van der Waals surface area contributed by atoms with Gasteiger partial charge in [0.05, 0.1) is 34.5 Å². The second kappa shape index (κ2) is 9.89. The van der Waals surface area contributed by atoms with E-state index in [0.29, 0.717) is 17.2 Å². The van der Waals surface area contributed by atoms with Crippen LogP contribution in [0.2, 0.25) is 0 Å². The molecule has 0 radical (unpaired) electrons. The highest BCUT2D eigenvalue weighted by Crippen LogP contribution is 2.42. The Morgan fingerprint density at radius 3 is 2.45 bits per heavy atom. The average Bonchev–Trinajstić information content (AvgIpc) is 3.20. The lowest BCUT2D eigenvalue weighted by Gasteiger charge is -2.26. The van der Waals surface area contributed by atoms with Crippen LogP contribution in [0.25, 0.3) is 16.9 Å². The summed E-state index contributed by atoms with van der Waals surface area (Å²) in [4.78, 5) is 7.32. The molecule has 1 aliphatic rings. The molecule has 1 saturated heterocycles. The molecule has 2 aromatic heterocycles. The van der Waals surface area contributed by atoms with E-state index in [0.717, 1.165) is 68.5 Å². The molecule has 0 aliphatic carbocycles. The van der Waals surface area contributed by atoms with E-state index in [4.69, 9.17) is 23.9 Å². The quantitative estimate of drug-likeness (QED) is 0.527. The number of hydrogen-bond acceptors (Lipinski definition) is 7. The van der Waals surface area contributed by atoms with Crippen LogP contribution in [0.3, 0.4) is 0 Å². The van der Waals surface area contributed by atoms with Gasteiger partial charge in [-0.15, -0.1) is 0 Å². The van der Waals surface area contributed by atoms with Crippen molar-refractivity contribution in [3.63, 3.8) is 0 Å². The van der Waals surface area contributed by atoms with E-state index in [-0.39, 0.29) is 0 Å². The van der Waals surface area contributed by atoms with Gasteiger partial charge in [-0.2, -0.15) is 0 Å². The van der Waals surface area contributed by atoms with Crippen molar-refractivity contribution in [2.75, 3.05) is 66.0 Å². The third-order valence-electron chi connectivity index (χ3n) is 5.52. The molecule has 1 N–H and O–H groups in total. The molecule has 0 atom stereocenters. The van der Waals surface area contributed by atoms with Crippen LogP contribution in [-0.2, 0) is 4.74 Å². The first-order valence-corrected chi connectivity index (χ1v) is 10.6. The number of anilines is 1. The molecule has 1 aromatic carbocycles. The van der Waals surface area contributed by atoms with Gasteiger partial charge in [0.25, 0.3) is 0 Å². The Bertz CT molecular complexity index is 989. The van der Waals surface area contributed by atoms with Crippen LogP contribution in [0.5, 0.6) is 17.2 Å². The van der Waals surface area contributed by atoms with Crippen LogP contribution in [0.1, 0.15) is 6.42 Å². The van der Waals surface area contributed by atoms with Crippen LogP contribution in [0.4, 0.5) is 5.82 Å². The lowest BCUT2D eigenvalue weighted by molar-refractivity contribution is 0.0378. The Morgan fingerprint density at radius 1 is 1.03 bits per heavy atom. The second-order valence-corrected chi connectivity index (χ2v) is 7.39. The minimum absolute atomic E-state index is 0.567. The highest BCUT2D eigenvalue weighted by Gasteiger charge is 2.19. The van der Waals surface area contributed by atoms with Crippen LogP contribution >= 0.6 is 0 Å². The first kappa shape index (κ1) is 21.3. The first-order valence-electron chi connectivity index (χ1n) is 10.6. The van der Waals surface area contributed by atoms with E-state index in [9.17, 15) is 0 Å². The summed E-state index contributed by atoms with van der Waals surface area (Å²) in [5, 5.41) is 3.61. The monoisotopic (exact) mass is 426 g/mol. The van der Waals surface area contributed by atoms with E-state index in [2.05, 4.69) is 14.6 Å². The SMILES string of the molecule is COc1cc(-c2nc3ccccn3c2NCCCN2CCOCC2)cc(OC)c1OC. The molecule has 0 amide bonds. The minimum atomic E-state index is 0.567. The summed E-state index contributed by atoms with van der Waals surface area (Å²) >= 11 is 0. The normalized spacial score (nSPS) is 14.5. The predicted octanol–water partition coefficient (Wildman–Crippen LogP) is 3.16. The number of methoxy groups -OCH3 is 3. The average molecular weight is 427 g/mol. The van der Waals surface area contributed by atoms with Crippen molar-refractivity contribution >= 4 is 11.5 Å². The van der Waals surface area contributed by atoms with Gasteiger partial charge in [-0.05, 0) is 37.2 Å². The maximum absolute atomic E-state index is 5.54. The number of morpholine rings is 1. The number of fused-ring (bicyclic) bond motifs is 1. The van der Waals surface area contributed by atoms with Crippen molar-refractivity contribution in [1.29, 1.82) is 0 Å². The molecule has 166 valence electrons. The topological polar surface area (TPSA) is 69.5 Å². The molecule has 4 rings (SSSR count). The number of pyridine rings is 1. The molecule has 1 fully saturated rings. The highest BCUT2D eigenvalue weighted by molar-refractivity contribution is 5.79. The number of hydrogen-bond donors (Lipinski definition) is 1. The van der Waals surface area contributed by atoms with E-state index in [1.165, 1.54) is 0 Å². The van der Waals surface area contributed by atoms with Gasteiger partial charge in [0.15, 0.2) is 11.5 Å². The number of rotatable bonds is 9. The Kier molecular flexibility index (Phi) is 6.79. The molecule has 0 saturated carbocycles. The Balaban J connectivity index is 1.62. The van der Waals surface area contributed by atoms with Gasteiger partial charge in [-0.1, -0.05) is 6.07 Å². The number of nitrogens with one attached hydrogen (secondary N) is 1. The lowest BCUT2D eigenvalue weighted by Crippen LogP contribution is -2.37. The molecule has 1 aliphatic heterocycles. The Hall–Kier alpha value is -2.97. The van der Waals surface area contributed by atoms with Crippen molar-refractivity contribution in [1.82, 2.24) is 14.3 Å². The molecule has 8 nitrogen and oxygen atoms in total. The number of ether oxygens (including phenoxy) is 4. The fourth-order valence-electron chi connectivity index (χ4n) is 3.92. The maximum atomic E-state index is 5.54. The van der Waals surface area contributed by atoms with Gasteiger partial charge in [0.1, 0.15) is 17.2 Å². The van der Waals surface area contributed by atoms with E-state index >= 15 is 0 Å². The Labute approximate surface area is 182 Å². The van der Waals surface area contributed by atoms with Gasteiger partial charge in [0, 0.05) is 31.4 Å². The van der Waals surface area contributed by atoms with E-state index in [1.807, 2.05) is 36.5 Å². The fraction of sp³-hybridized carbons (Fsp3) is 0.435. The molecule has 31 heavy (non-hydrogen) atoms. The first-order chi connectivity index (χ1) is 15.2. The zero-order valence-corrected chi connectivity index (χ0v) is 18.4. The predicted molar refractivity (Wildman–Crippen MR) is 121 cm³/mol. The summed E-state index contributed by atoms with van der Waals surface area (Å²) < 4.78 is 24.1. The molecule has 0 bridgehead atoms. The number of benzene rings is 1. The summed E-state index contributed by atoms with van der Waals surface area (Å²) in [7, 11) is 4.84. The highest BCUT2D eigenvalue weighted by atomic mass is 16.5. The van der Waals surface area contributed by atoms with Crippen molar-refractivity contribution in [3.8, 4) is 28.5 Å². The standard InChI is InChI=1S/C23H30N4O4/c1-28-18-15-17(16-19(29-2)22(18)30-3)21-23(27-10-5-4-7-20(27)25-21)24-8-6-9-26-11-13-31-14-12-26/h4-5,7,10,15-16,24H,6,8-9,11-14H2,1-3H3. The summed E-state index contributed by atoms with van der Waals surface area (Å²) in [6.45, 7) is 5.56. The Morgan fingerprint density at radius 2 is 1.77 bits per heavy atom. The smallest absolute Gasteiger partial charge is 0.203 e. The van der Waals surface area contributed by atoms with E-state index < -0.39 is 0 Å². The van der Waals surface area contributed by atoms with Gasteiger partial charge < -0.3 is 24.3 Å². The molecule has 3 heterocycles. The fourth-order valence-corrected chi connectivity index (χ4v) is 3.92. The molecular weight excluding hydrogens is 396 g/mol. The van der Waals surface area contributed by atoms with Crippen LogP contribution in [0, 0.1) is 0 Å². The van der Waals surface area contributed by atoms with Gasteiger partial charge >= 0.3 is 0 Å². The summed E-state index contributed by atoms with van der Waals surface area (Å²) in [6.07, 6.45) is 3.06. The van der Waals surface area contributed by atoms with Crippen LogP contribution < -0.4 is 19.5 Å². The van der Waals surface area contributed by atoms with Crippen molar-refractivity contribution in [2.45, 2.75) is 6.42 Å². The van der Waals surface area contributed by atoms with Crippen LogP contribution in [-0.4, -0.2) is 75.0 Å². The number of imidazole rings is 1.